The van der Waals surface area contributed by atoms with Gasteiger partial charge in [0.1, 0.15) is 5.60 Å². The summed E-state index contributed by atoms with van der Waals surface area (Å²) in [5, 5.41) is 0. The van der Waals surface area contributed by atoms with Crippen LogP contribution in [0.1, 0.15) is 47.5 Å². The summed E-state index contributed by atoms with van der Waals surface area (Å²) in [5.41, 5.74) is -0.631. The number of rotatable bonds is 3. The molecule has 0 saturated heterocycles. The van der Waals surface area contributed by atoms with Gasteiger partial charge >= 0.3 is 0 Å². The van der Waals surface area contributed by atoms with Crippen molar-refractivity contribution in [3.8, 4) is 0 Å². The summed E-state index contributed by atoms with van der Waals surface area (Å²) in [6.07, 6.45) is 1.81. The van der Waals surface area contributed by atoms with Crippen molar-refractivity contribution in [2.75, 3.05) is 0 Å². The topological polar surface area (TPSA) is 26.3 Å². The second-order valence-corrected chi connectivity index (χ2v) is 5.23. The van der Waals surface area contributed by atoms with Crippen LogP contribution < -0.4 is 0 Å². The Morgan fingerprint density at radius 2 is 1.77 bits per heavy atom. The molecule has 0 aromatic heterocycles. The Morgan fingerprint density at radius 3 is 2.00 bits per heavy atom. The van der Waals surface area contributed by atoms with E-state index in [2.05, 4.69) is 0 Å². The zero-order chi connectivity index (χ0) is 10.3. The maximum Gasteiger partial charge on any atom is 0.167 e. The maximum atomic E-state index is 11.8. The average Bonchev–Trinajstić information content (AvgIpc) is 2.64. The fourth-order valence-electron chi connectivity index (χ4n) is 1.62. The van der Waals surface area contributed by atoms with E-state index in [0.717, 1.165) is 12.8 Å². The monoisotopic (exact) mass is 184 g/mol. The highest BCUT2D eigenvalue weighted by molar-refractivity contribution is 5.91. The SMILES string of the molecule is CC(C)C(=O)C1(OC(C)(C)C)CC1. The molecule has 1 fully saturated rings. The van der Waals surface area contributed by atoms with Crippen molar-refractivity contribution in [3.63, 3.8) is 0 Å². The summed E-state index contributed by atoms with van der Waals surface area (Å²) < 4.78 is 5.81. The number of hydrogen-bond donors (Lipinski definition) is 0. The van der Waals surface area contributed by atoms with Crippen molar-refractivity contribution in [2.24, 2.45) is 5.92 Å². The molecule has 2 nitrogen and oxygen atoms in total. The highest BCUT2D eigenvalue weighted by atomic mass is 16.5. The smallest absolute Gasteiger partial charge is 0.167 e. The first-order valence-electron chi connectivity index (χ1n) is 5.01. The van der Waals surface area contributed by atoms with Gasteiger partial charge in [0.2, 0.25) is 0 Å². The van der Waals surface area contributed by atoms with Crippen molar-refractivity contribution in [1.29, 1.82) is 0 Å². The van der Waals surface area contributed by atoms with E-state index in [1.54, 1.807) is 0 Å². The van der Waals surface area contributed by atoms with E-state index < -0.39 is 5.60 Å². The van der Waals surface area contributed by atoms with Gasteiger partial charge in [-0.3, -0.25) is 4.79 Å². The van der Waals surface area contributed by atoms with Crippen LogP contribution in [0.25, 0.3) is 0 Å². The van der Waals surface area contributed by atoms with Gasteiger partial charge in [0.15, 0.2) is 5.78 Å². The van der Waals surface area contributed by atoms with Crippen LogP contribution in [-0.4, -0.2) is 17.0 Å². The van der Waals surface area contributed by atoms with E-state index in [1.165, 1.54) is 0 Å². The largest absolute Gasteiger partial charge is 0.362 e. The molecule has 0 heterocycles. The highest BCUT2D eigenvalue weighted by Gasteiger charge is 2.53. The minimum Gasteiger partial charge on any atom is -0.362 e. The van der Waals surface area contributed by atoms with Crippen LogP contribution in [0.3, 0.4) is 0 Å². The molecule has 1 saturated carbocycles. The zero-order valence-corrected chi connectivity index (χ0v) is 9.31. The Labute approximate surface area is 80.7 Å². The number of carbonyl (C=O) groups excluding carboxylic acids is 1. The lowest BCUT2D eigenvalue weighted by atomic mass is 10.0. The zero-order valence-electron chi connectivity index (χ0n) is 9.31. The van der Waals surface area contributed by atoms with Crippen molar-refractivity contribution in [2.45, 2.75) is 58.7 Å². The van der Waals surface area contributed by atoms with E-state index in [4.69, 9.17) is 4.74 Å². The summed E-state index contributed by atoms with van der Waals surface area (Å²) >= 11 is 0. The van der Waals surface area contributed by atoms with Gasteiger partial charge in [0, 0.05) is 5.92 Å². The molecule has 0 aliphatic heterocycles. The van der Waals surface area contributed by atoms with Crippen LogP contribution >= 0.6 is 0 Å². The molecule has 0 atom stereocenters. The molecule has 13 heavy (non-hydrogen) atoms. The molecule has 1 rings (SSSR count). The molecule has 0 N–H and O–H groups in total. The first-order valence-corrected chi connectivity index (χ1v) is 5.01. The van der Waals surface area contributed by atoms with Gasteiger partial charge < -0.3 is 4.74 Å². The van der Waals surface area contributed by atoms with Crippen LogP contribution in [0.5, 0.6) is 0 Å². The van der Waals surface area contributed by atoms with Gasteiger partial charge in [-0.1, -0.05) is 13.8 Å². The second kappa shape index (κ2) is 3.09. The summed E-state index contributed by atoms with van der Waals surface area (Å²) in [4.78, 5) is 11.8. The normalized spacial score (nSPS) is 20.5. The van der Waals surface area contributed by atoms with Gasteiger partial charge in [-0.05, 0) is 33.6 Å². The molecule has 0 spiro atoms. The lowest BCUT2D eigenvalue weighted by Crippen LogP contribution is -2.37. The van der Waals surface area contributed by atoms with Gasteiger partial charge in [0.25, 0.3) is 0 Å². The number of ketones is 1. The predicted octanol–water partition coefficient (Wildman–Crippen LogP) is 2.56. The molecule has 1 aliphatic carbocycles. The molecular formula is C11H20O2. The molecule has 0 aromatic carbocycles. The molecule has 0 bridgehead atoms. The molecule has 1 aliphatic rings. The van der Waals surface area contributed by atoms with Crippen molar-refractivity contribution in [1.82, 2.24) is 0 Å². The standard InChI is InChI=1S/C11H20O2/c1-8(2)9(12)11(6-7-11)13-10(3,4)5/h8H,6-7H2,1-5H3. The van der Waals surface area contributed by atoms with Crippen molar-refractivity contribution >= 4 is 5.78 Å². The van der Waals surface area contributed by atoms with Gasteiger partial charge in [-0.2, -0.15) is 0 Å². The summed E-state index contributed by atoms with van der Waals surface area (Å²) in [7, 11) is 0. The molecule has 0 radical (unpaired) electrons. The molecule has 2 heteroatoms. The first-order chi connectivity index (χ1) is 5.77. The Bertz CT molecular complexity index is 207. The van der Waals surface area contributed by atoms with Gasteiger partial charge in [-0.25, -0.2) is 0 Å². The van der Waals surface area contributed by atoms with Crippen LogP contribution in [0, 0.1) is 5.92 Å². The minimum absolute atomic E-state index is 0.0878. The van der Waals surface area contributed by atoms with E-state index in [0.29, 0.717) is 0 Å². The lowest BCUT2D eigenvalue weighted by molar-refractivity contribution is -0.148. The first kappa shape index (κ1) is 10.7. The van der Waals surface area contributed by atoms with Crippen LogP contribution in [0.15, 0.2) is 0 Å². The van der Waals surface area contributed by atoms with E-state index >= 15 is 0 Å². The minimum atomic E-state index is -0.424. The van der Waals surface area contributed by atoms with Crippen molar-refractivity contribution in [3.05, 3.63) is 0 Å². The number of hydrogen-bond acceptors (Lipinski definition) is 2. The Balaban J connectivity index is 2.63. The van der Waals surface area contributed by atoms with E-state index in [1.807, 2.05) is 34.6 Å². The van der Waals surface area contributed by atoms with E-state index in [-0.39, 0.29) is 17.3 Å². The molecule has 76 valence electrons. The number of Topliss-reactive ketones (excluding diaryl/α,β-unsaturated/α-hetero) is 1. The summed E-state index contributed by atoms with van der Waals surface area (Å²) in [6.45, 7) is 9.88. The quantitative estimate of drug-likeness (QED) is 0.673. The molecule has 0 unspecified atom stereocenters. The summed E-state index contributed by atoms with van der Waals surface area (Å²) in [6, 6.07) is 0. The highest BCUT2D eigenvalue weighted by Crippen LogP contribution is 2.44. The Morgan fingerprint density at radius 1 is 1.31 bits per heavy atom. The van der Waals surface area contributed by atoms with Crippen LogP contribution in [0.4, 0.5) is 0 Å². The third kappa shape index (κ3) is 2.53. The fourth-order valence-corrected chi connectivity index (χ4v) is 1.62. The van der Waals surface area contributed by atoms with Gasteiger partial charge in [-0.15, -0.1) is 0 Å². The number of ether oxygens (including phenoxy) is 1. The van der Waals surface area contributed by atoms with E-state index in [9.17, 15) is 4.79 Å². The Hall–Kier alpha value is -0.370. The maximum absolute atomic E-state index is 11.8. The molecule has 0 aromatic rings. The fraction of sp³-hybridized carbons (Fsp3) is 0.909. The Kier molecular flexibility index (Phi) is 2.54. The lowest BCUT2D eigenvalue weighted by Gasteiger charge is -2.27. The molecule has 0 amide bonds. The second-order valence-electron chi connectivity index (χ2n) is 5.23. The van der Waals surface area contributed by atoms with Crippen LogP contribution in [-0.2, 0) is 9.53 Å². The third-order valence-corrected chi connectivity index (χ3v) is 2.18. The third-order valence-electron chi connectivity index (χ3n) is 2.18. The predicted molar refractivity (Wildman–Crippen MR) is 52.6 cm³/mol. The number of carbonyl (C=O) groups is 1. The average molecular weight is 184 g/mol. The molecular weight excluding hydrogens is 164 g/mol. The van der Waals surface area contributed by atoms with Crippen molar-refractivity contribution < 1.29 is 9.53 Å². The van der Waals surface area contributed by atoms with Crippen LogP contribution in [0.2, 0.25) is 0 Å². The van der Waals surface area contributed by atoms with Gasteiger partial charge in [0.05, 0.1) is 5.60 Å². The summed E-state index contributed by atoms with van der Waals surface area (Å²) in [5.74, 6) is 0.354.